The van der Waals surface area contributed by atoms with E-state index in [9.17, 15) is 4.79 Å². The average Bonchev–Trinajstić information content (AvgIpc) is 3.23. The number of aryl methyl sites for hydroxylation is 1. The molecule has 152 valence electrons. The Morgan fingerprint density at radius 3 is 2.63 bits per heavy atom. The van der Waals surface area contributed by atoms with Gasteiger partial charge in [0, 0.05) is 42.1 Å². The van der Waals surface area contributed by atoms with E-state index >= 15 is 0 Å². The summed E-state index contributed by atoms with van der Waals surface area (Å²) in [5, 5.41) is 11.7. The van der Waals surface area contributed by atoms with Crippen molar-refractivity contribution in [2.75, 3.05) is 11.9 Å². The van der Waals surface area contributed by atoms with Crippen molar-refractivity contribution in [3.63, 3.8) is 0 Å². The standard InChI is InChI=1S/C24H25N5O/c1-3-12-29-16-18(14-27-29)17-10-11-22-20(13-17)23(28-19-8-6-5-7-9-19)21(15-26-22)24(30)25-4-2/h5-11,13-16H,3-4,12H2,1-2H3,(H,25,30)(H,26,28). The van der Waals surface area contributed by atoms with Gasteiger partial charge in [-0.15, -0.1) is 0 Å². The monoisotopic (exact) mass is 399 g/mol. The van der Waals surface area contributed by atoms with E-state index in [1.807, 2.05) is 60.3 Å². The van der Waals surface area contributed by atoms with Crippen LogP contribution in [0.1, 0.15) is 30.6 Å². The first-order chi connectivity index (χ1) is 14.7. The van der Waals surface area contributed by atoms with Gasteiger partial charge in [0.1, 0.15) is 0 Å². The van der Waals surface area contributed by atoms with Crippen LogP contribution in [-0.2, 0) is 6.54 Å². The molecule has 2 aromatic heterocycles. The third-order valence-electron chi connectivity index (χ3n) is 4.91. The smallest absolute Gasteiger partial charge is 0.254 e. The Labute approximate surface area is 176 Å². The van der Waals surface area contributed by atoms with E-state index in [0.29, 0.717) is 12.1 Å². The maximum atomic E-state index is 12.7. The first-order valence-corrected chi connectivity index (χ1v) is 10.3. The zero-order chi connectivity index (χ0) is 20.9. The van der Waals surface area contributed by atoms with Crippen LogP contribution in [0.15, 0.2) is 67.1 Å². The number of pyridine rings is 1. The predicted molar refractivity (Wildman–Crippen MR) is 121 cm³/mol. The first-order valence-electron chi connectivity index (χ1n) is 10.3. The van der Waals surface area contributed by atoms with Gasteiger partial charge in [-0.2, -0.15) is 5.10 Å². The number of anilines is 2. The summed E-state index contributed by atoms with van der Waals surface area (Å²) >= 11 is 0. The van der Waals surface area contributed by atoms with Crippen molar-refractivity contribution in [2.45, 2.75) is 26.8 Å². The number of nitrogens with zero attached hydrogens (tertiary/aromatic N) is 3. The highest BCUT2D eigenvalue weighted by molar-refractivity contribution is 6.08. The molecule has 0 unspecified atom stereocenters. The van der Waals surface area contributed by atoms with E-state index in [1.54, 1.807) is 6.20 Å². The van der Waals surface area contributed by atoms with Crippen molar-refractivity contribution < 1.29 is 4.79 Å². The predicted octanol–water partition coefficient (Wildman–Crippen LogP) is 5.00. The Bertz CT molecular complexity index is 1170. The highest BCUT2D eigenvalue weighted by Crippen LogP contribution is 2.32. The molecular formula is C24H25N5O. The SMILES string of the molecule is CCCn1cc(-c2ccc3ncc(C(=O)NCC)c(Nc4ccccc4)c3c2)cn1. The van der Waals surface area contributed by atoms with E-state index in [0.717, 1.165) is 46.4 Å². The summed E-state index contributed by atoms with van der Waals surface area (Å²) < 4.78 is 1.95. The van der Waals surface area contributed by atoms with Crippen molar-refractivity contribution in [3.05, 3.63) is 72.7 Å². The third kappa shape index (κ3) is 4.03. The molecule has 0 saturated carbocycles. The zero-order valence-corrected chi connectivity index (χ0v) is 17.2. The van der Waals surface area contributed by atoms with Crippen LogP contribution in [0.5, 0.6) is 0 Å². The summed E-state index contributed by atoms with van der Waals surface area (Å²) in [5.74, 6) is -0.147. The van der Waals surface area contributed by atoms with Gasteiger partial charge in [0.15, 0.2) is 0 Å². The summed E-state index contributed by atoms with van der Waals surface area (Å²) in [4.78, 5) is 17.3. The molecule has 0 atom stereocenters. The van der Waals surface area contributed by atoms with Crippen LogP contribution < -0.4 is 10.6 Å². The molecule has 4 aromatic rings. The van der Waals surface area contributed by atoms with E-state index < -0.39 is 0 Å². The lowest BCUT2D eigenvalue weighted by Crippen LogP contribution is -2.23. The van der Waals surface area contributed by atoms with Crippen molar-refractivity contribution >= 4 is 28.2 Å². The van der Waals surface area contributed by atoms with E-state index in [1.165, 1.54) is 0 Å². The van der Waals surface area contributed by atoms with Gasteiger partial charge in [0.25, 0.3) is 5.91 Å². The molecule has 2 heterocycles. The minimum atomic E-state index is -0.147. The number of rotatable bonds is 7. The van der Waals surface area contributed by atoms with Gasteiger partial charge in [-0.25, -0.2) is 0 Å². The first kappa shape index (κ1) is 19.6. The summed E-state index contributed by atoms with van der Waals surface area (Å²) in [6, 6.07) is 15.9. The highest BCUT2D eigenvalue weighted by Gasteiger charge is 2.16. The molecule has 0 radical (unpaired) electrons. The van der Waals surface area contributed by atoms with Gasteiger partial charge in [-0.05, 0) is 43.2 Å². The maximum Gasteiger partial charge on any atom is 0.254 e. The number of carbonyl (C=O) groups is 1. The Morgan fingerprint density at radius 2 is 1.87 bits per heavy atom. The molecule has 0 aliphatic carbocycles. The largest absolute Gasteiger partial charge is 0.354 e. The maximum absolute atomic E-state index is 12.7. The highest BCUT2D eigenvalue weighted by atomic mass is 16.1. The van der Waals surface area contributed by atoms with Crippen LogP contribution in [0.25, 0.3) is 22.0 Å². The lowest BCUT2D eigenvalue weighted by Gasteiger charge is -2.15. The Hall–Kier alpha value is -3.67. The van der Waals surface area contributed by atoms with Gasteiger partial charge in [0.05, 0.1) is 23.0 Å². The van der Waals surface area contributed by atoms with Crippen molar-refractivity contribution in [1.29, 1.82) is 0 Å². The molecule has 4 rings (SSSR count). The molecule has 0 fully saturated rings. The van der Waals surface area contributed by atoms with Gasteiger partial charge in [-0.1, -0.05) is 31.2 Å². The number of benzene rings is 2. The van der Waals surface area contributed by atoms with Crippen LogP contribution in [0, 0.1) is 0 Å². The molecule has 0 bridgehead atoms. The Kier molecular flexibility index (Phi) is 5.75. The molecule has 30 heavy (non-hydrogen) atoms. The van der Waals surface area contributed by atoms with Gasteiger partial charge in [0.2, 0.25) is 0 Å². The summed E-state index contributed by atoms with van der Waals surface area (Å²) in [5.41, 5.74) is 5.09. The second-order valence-electron chi connectivity index (χ2n) is 7.12. The van der Waals surface area contributed by atoms with E-state index in [2.05, 4.69) is 39.9 Å². The lowest BCUT2D eigenvalue weighted by atomic mass is 10.0. The van der Waals surface area contributed by atoms with Gasteiger partial charge in [-0.3, -0.25) is 14.5 Å². The number of hydrogen-bond donors (Lipinski definition) is 2. The van der Waals surface area contributed by atoms with Gasteiger partial charge < -0.3 is 10.6 Å². The molecule has 0 aliphatic rings. The minimum absolute atomic E-state index is 0.147. The van der Waals surface area contributed by atoms with Crippen molar-refractivity contribution in [1.82, 2.24) is 20.1 Å². The molecule has 0 spiro atoms. The fourth-order valence-electron chi connectivity index (χ4n) is 3.46. The number of hydrogen-bond acceptors (Lipinski definition) is 4. The van der Waals surface area contributed by atoms with Crippen LogP contribution >= 0.6 is 0 Å². The van der Waals surface area contributed by atoms with Crippen LogP contribution in [0.3, 0.4) is 0 Å². The van der Waals surface area contributed by atoms with Crippen LogP contribution in [0.4, 0.5) is 11.4 Å². The molecule has 2 aromatic carbocycles. The number of nitrogens with one attached hydrogen (secondary N) is 2. The second kappa shape index (κ2) is 8.78. The lowest BCUT2D eigenvalue weighted by molar-refractivity contribution is 0.0956. The average molecular weight is 399 g/mol. The fraction of sp³-hybridized carbons (Fsp3) is 0.208. The molecular weight excluding hydrogens is 374 g/mol. The molecule has 6 heteroatoms. The quantitative estimate of drug-likeness (QED) is 0.459. The number of para-hydroxylation sites is 1. The molecule has 1 amide bonds. The second-order valence-corrected chi connectivity index (χ2v) is 7.12. The summed E-state index contributed by atoms with van der Waals surface area (Å²) in [7, 11) is 0. The summed E-state index contributed by atoms with van der Waals surface area (Å²) in [6.07, 6.45) is 6.60. The molecule has 0 saturated heterocycles. The molecule has 6 nitrogen and oxygen atoms in total. The van der Waals surface area contributed by atoms with Crippen molar-refractivity contribution in [3.8, 4) is 11.1 Å². The Morgan fingerprint density at radius 1 is 1.03 bits per heavy atom. The number of aromatic nitrogens is 3. The minimum Gasteiger partial charge on any atom is -0.354 e. The van der Waals surface area contributed by atoms with E-state index in [-0.39, 0.29) is 5.91 Å². The number of carbonyl (C=O) groups excluding carboxylic acids is 1. The fourth-order valence-corrected chi connectivity index (χ4v) is 3.46. The topological polar surface area (TPSA) is 71.8 Å². The number of amides is 1. The zero-order valence-electron chi connectivity index (χ0n) is 17.2. The van der Waals surface area contributed by atoms with Crippen LogP contribution in [-0.4, -0.2) is 27.2 Å². The normalized spacial score (nSPS) is 10.9. The third-order valence-corrected chi connectivity index (χ3v) is 4.91. The van der Waals surface area contributed by atoms with Crippen molar-refractivity contribution in [2.24, 2.45) is 0 Å². The Balaban J connectivity index is 1.85. The molecule has 0 aliphatic heterocycles. The molecule has 2 N–H and O–H groups in total. The summed E-state index contributed by atoms with van der Waals surface area (Å²) in [6.45, 7) is 5.48. The number of fused-ring (bicyclic) bond motifs is 1. The van der Waals surface area contributed by atoms with Gasteiger partial charge >= 0.3 is 0 Å². The van der Waals surface area contributed by atoms with E-state index in [4.69, 9.17) is 0 Å². The van der Waals surface area contributed by atoms with Crippen LogP contribution in [0.2, 0.25) is 0 Å².